The molecule has 0 bridgehead atoms. The number of hydrogen-bond acceptors (Lipinski definition) is 5. The number of halogens is 1. The summed E-state index contributed by atoms with van der Waals surface area (Å²) in [6.07, 6.45) is 1.23. The third-order valence-electron chi connectivity index (χ3n) is 2.03. The van der Waals surface area contributed by atoms with Crippen molar-refractivity contribution in [2.75, 3.05) is 0 Å². The summed E-state index contributed by atoms with van der Waals surface area (Å²) in [5, 5.41) is 10.5. The summed E-state index contributed by atoms with van der Waals surface area (Å²) in [5.41, 5.74) is -0.335. The second-order valence-corrected chi connectivity index (χ2v) is 4.28. The summed E-state index contributed by atoms with van der Waals surface area (Å²) in [7, 11) is 0. The molecule has 2 aromatic rings. The molecule has 0 saturated heterocycles. The second-order valence-electron chi connectivity index (χ2n) is 3.20. The average molecular weight is 359 g/mol. The van der Waals surface area contributed by atoms with Crippen LogP contribution >= 0.6 is 22.6 Å². The zero-order chi connectivity index (χ0) is 13.1. The maximum Gasteiger partial charge on any atom is 0.269 e. The van der Waals surface area contributed by atoms with Crippen molar-refractivity contribution in [1.29, 1.82) is 0 Å². The van der Waals surface area contributed by atoms with Crippen LogP contribution in [0.1, 0.15) is 0 Å². The number of non-ortho nitro benzene ring substituents is 1. The van der Waals surface area contributed by atoms with Gasteiger partial charge in [-0.05, 0) is 34.7 Å². The molecule has 0 aliphatic rings. The number of hydrogen-bond donors (Lipinski definition) is 1. The lowest BCUT2D eigenvalue weighted by molar-refractivity contribution is -0.384. The molecule has 1 heterocycles. The molecule has 0 spiro atoms. The molecule has 1 aromatic heterocycles. The van der Waals surface area contributed by atoms with Gasteiger partial charge in [0.15, 0.2) is 0 Å². The molecule has 0 aliphatic carbocycles. The van der Waals surface area contributed by atoms with Crippen LogP contribution in [-0.2, 0) is 0 Å². The Morgan fingerprint density at radius 1 is 1.33 bits per heavy atom. The minimum atomic E-state index is -0.501. The highest BCUT2D eigenvalue weighted by Crippen LogP contribution is 2.23. The van der Waals surface area contributed by atoms with Crippen LogP contribution in [-0.4, -0.2) is 14.9 Å². The predicted molar refractivity (Wildman–Crippen MR) is 70.7 cm³/mol. The third kappa shape index (κ3) is 2.64. The summed E-state index contributed by atoms with van der Waals surface area (Å²) in [6, 6.07) is 5.51. The van der Waals surface area contributed by atoms with Crippen molar-refractivity contribution in [1.82, 2.24) is 9.97 Å². The highest BCUT2D eigenvalue weighted by molar-refractivity contribution is 14.1. The van der Waals surface area contributed by atoms with Crippen molar-refractivity contribution in [3.63, 3.8) is 0 Å². The highest BCUT2D eigenvalue weighted by atomic mass is 127. The van der Waals surface area contributed by atoms with E-state index >= 15 is 0 Å². The molecule has 1 N–H and O–H groups in total. The molecule has 92 valence electrons. The van der Waals surface area contributed by atoms with Gasteiger partial charge < -0.3 is 9.72 Å². The van der Waals surface area contributed by atoms with Crippen LogP contribution in [0.4, 0.5) is 5.69 Å². The lowest BCUT2D eigenvalue weighted by Gasteiger charge is -2.04. The van der Waals surface area contributed by atoms with Gasteiger partial charge in [-0.2, -0.15) is 0 Å². The van der Waals surface area contributed by atoms with Crippen LogP contribution in [0.5, 0.6) is 11.6 Å². The van der Waals surface area contributed by atoms with Gasteiger partial charge in [-0.1, -0.05) is 0 Å². The molecule has 1 aromatic carbocycles. The van der Waals surface area contributed by atoms with Crippen molar-refractivity contribution >= 4 is 28.3 Å². The Morgan fingerprint density at radius 2 is 2.00 bits per heavy atom. The molecule has 0 aliphatic heterocycles. The molecule has 0 unspecified atom stereocenters. The maximum atomic E-state index is 11.3. The van der Waals surface area contributed by atoms with E-state index in [1.54, 1.807) is 0 Å². The van der Waals surface area contributed by atoms with Gasteiger partial charge in [-0.3, -0.25) is 14.9 Å². The number of aromatic amines is 1. The molecule has 8 heteroatoms. The fourth-order valence-electron chi connectivity index (χ4n) is 1.19. The second kappa shape index (κ2) is 5.12. The fourth-order valence-corrected chi connectivity index (χ4v) is 1.59. The van der Waals surface area contributed by atoms with E-state index in [2.05, 4.69) is 9.97 Å². The number of nitrogens with one attached hydrogen (secondary N) is 1. The Bertz CT molecular complexity index is 638. The Hall–Kier alpha value is -1.97. The van der Waals surface area contributed by atoms with Gasteiger partial charge >= 0.3 is 0 Å². The van der Waals surface area contributed by atoms with Gasteiger partial charge in [0.05, 0.1) is 11.3 Å². The standard InChI is InChI=1S/C10H6IN3O4/c11-8-9(15)12-5-13-10(8)18-7-3-1-6(2-4-7)14(16)17/h1-5H,(H,12,13,15). The van der Waals surface area contributed by atoms with Gasteiger partial charge in [0.25, 0.3) is 11.2 Å². The van der Waals surface area contributed by atoms with Crippen LogP contribution in [0.2, 0.25) is 0 Å². The zero-order valence-corrected chi connectivity index (χ0v) is 10.9. The minimum Gasteiger partial charge on any atom is -0.438 e. The Balaban J connectivity index is 2.26. The van der Waals surface area contributed by atoms with Crippen molar-refractivity contribution in [3.05, 3.63) is 54.6 Å². The lowest BCUT2D eigenvalue weighted by Crippen LogP contribution is -2.11. The van der Waals surface area contributed by atoms with Crippen LogP contribution in [0.3, 0.4) is 0 Å². The number of nitrogens with zero attached hydrogens (tertiary/aromatic N) is 2. The minimum absolute atomic E-state index is 0.0316. The number of aromatic nitrogens is 2. The molecular weight excluding hydrogens is 353 g/mol. The van der Waals surface area contributed by atoms with E-state index < -0.39 is 4.92 Å². The molecule has 2 rings (SSSR count). The number of rotatable bonds is 3. The molecule has 0 radical (unpaired) electrons. The van der Waals surface area contributed by atoms with Crippen molar-refractivity contribution in [2.24, 2.45) is 0 Å². The number of ether oxygens (including phenoxy) is 1. The molecule has 0 fully saturated rings. The summed E-state index contributed by atoms with van der Waals surface area (Å²) >= 11 is 1.81. The topological polar surface area (TPSA) is 98.1 Å². The van der Waals surface area contributed by atoms with Crippen molar-refractivity contribution in [2.45, 2.75) is 0 Å². The van der Waals surface area contributed by atoms with Gasteiger partial charge in [0, 0.05) is 12.1 Å². The molecule has 7 nitrogen and oxygen atoms in total. The van der Waals surface area contributed by atoms with E-state index in [0.29, 0.717) is 9.32 Å². The van der Waals surface area contributed by atoms with Crippen molar-refractivity contribution < 1.29 is 9.66 Å². The number of H-pyrrole nitrogens is 1. The number of nitro groups is 1. The summed E-state index contributed by atoms with van der Waals surface area (Å²) < 4.78 is 5.68. The first-order valence-corrected chi connectivity index (χ1v) is 5.81. The maximum absolute atomic E-state index is 11.3. The normalized spacial score (nSPS) is 10.1. The van der Waals surface area contributed by atoms with Crippen LogP contribution in [0.15, 0.2) is 35.4 Å². The van der Waals surface area contributed by atoms with E-state index in [1.165, 1.54) is 30.6 Å². The van der Waals surface area contributed by atoms with Gasteiger partial charge in [-0.15, -0.1) is 0 Å². The number of nitro benzene ring substituents is 1. The van der Waals surface area contributed by atoms with E-state index in [9.17, 15) is 14.9 Å². The summed E-state index contributed by atoms with van der Waals surface area (Å²) in [6.45, 7) is 0. The molecule has 0 atom stereocenters. The zero-order valence-electron chi connectivity index (χ0n) is 8.79. The quantitative estimate of drug-likeness (QED) is 0.514. The van der Waals surface area contributed by atoms with Crippen molar-refractivity contribution in [3.8, 4) is 11.6 Å². The molecule has 0 saturated carbocycles. The number of benzene rings is 1. The van der Waals surface area contributed by atoms with Gasteiger partial charge in [-0.25, -0.2) is 4.98 Å². The van der Waals surface area contributed by atoms with E-state index in [1.807, 2.05) is 22.6 Å². The molecular formula is C10H6IN3O4. The monoisotopic (exact) mass is 359 g/mol. The highest BCUT2D eigenvalue weighted by Gasteiger charge is 2.09. The first-order chi connectivity index (χ1) is 8.58. The Morgan fingerprint density at radius 3 is 2.61 bits per heavy atom. The Kier molecular flexibility index (Phi) is 3.55. The predicted octanol–water partition coefficient (Wildman–Crippen LogP) is 2.08. The van der Waals surface area contributed by atoms with Gasteiger partial charge in [0.1, 0.15) is 9.32 Å². The molecule has 0 amide bonds. The fraction of sp³-hybridized carbons (Fsp3) is 0. The summed E-state index contributed by atoms with van der Waals surface area (Å²) in [5.74, 6) is 0.532. The Labute approximate surface area is 114 Å². The third-order valence-corrected chi connectivity index (χ3v) is 2.98. The van der Waals surface area contributed by atoms with Crippen LogP contribution < -0.4 is 10.3 Å². The first-order valence-electron chi connectivity index (χ1n) is 4.73. The average Bonchev–Trinajstić information content (AvgIpc) is 2.36. The van der Waals surface area contributed by atoms with Crippen LogP contribution in [0, 0.1) is 13.7 Å². The lowest BCUT2D eigenvalue weighted by atomic mass is 10.3. The van der Waals surface area contributed by atoms with Crippen LogP contribution in [0.25, 0.3) is 0 Å². The van der Waals surface area contributed by atoms with E-state index in [-0.39, 0.29) is 17.1 Å². The largest absolute Gasteiger partial charge is 0.438 e. The van der Waals surface area contributed by atoms with E-state index in [4.69, 9.17) is 4.74 Å². The van der Waals surface area contributed by atoms with Gasteiger partial charge in [0.2, 0.25) is 5.88 Å². The smallest absolute Gasteiger partial charge is 0.269 e. The SMILES string of the molecule is O=c1[nH]cnc(Oc2ccc([N+](=O)[O-])cc2)c1I. The van der Waals surface area contributed by atoms with E-state index in [0.717, 1.165) is 0 Å². The molecule has 18 heavy (non-hydrogen) atoms. The summed E-state index contributed by atoms with van der Waals surface area (Å²) in [4.78, 5) is 27.6. The first kappa shape index (κ1) is 12.5.